The van der Waals surface area contributed by atoms with E-state index in [9.17, 15) is 4.79 Å². The summed E-state index contributed by atoms with van der Waals surface area (Å²) in [5, 5.41) is 7.20. The first kappa shape index (κ1) is 13.8. The number of carbonyl (C=O) groups is 1. The van der Waals surface area contributed by atoms with Crippen molar-refractivity contribution in [2.45, 2.75) is 31.7 Å². The minimum absolute atomic E-state index is 0.0816. The molecule has 0 atom stereocenters. The number of carbonyl (C=O) groups excluding carboxylic acids is 1. The molecular formula is C16H20N4O. The molecule has 1 aliphatic carbocycles. The predicted octanol–water partition coefficient (Wildman–Crippen LogP) is 2.33. The van der Waals surface area contributed by atoms with E-state index in [-0.39, 0.29) is 17.9 Å². The molecule has 3 rings (SSSR count). The van der Waals surface area contributed by atoms with Crippen molar-refractivity contribution in [2.24, 2.45) is 11.7 Å². The van der Waals surface area contributed by atoms with Crippen LogP contribution >= 0.6 is 0 Å². The maximum Gasteiger partial charge on any atom is 0.227 e. The molecule has 5 nitrogen and oxygen atoms in total. The second kappa shape index (κ2) is 6.10. The van der Waals surface area contributed by atoms with Gasteiger partial charge in [0.2, 0.25) is 5.91 Å². The fraction of sp³-hybridized carbons (Fsp3) is 0.375. The van der Waals surface area contributed by atoms with E-state index in [0.29, 0.717) is 0 Å². The van der Waals surface area contributed by atoms with Gasteiger partial charge in [-0.3, -0.25) is 4.79 Å². The summed E-state index contributed by atoms with van der Waals surface area (Å²) in [5.41, 5.74) is 7.62. The Morgan fingerprint density at radius 3 is 2.76 bits per heavy atom. The summed E-state index contributed by atoms with van der Waals surface area (Å²) in [6, 6.07) is 9.85. The molecule has 0 aliphatic heterocycles. The molecule has 1 aromatic heterocycles. The average Bonchev–Trinajstić information content (AvgIpc) is 3.02. The Balaban J connectivity index is 1.67. The second-order valence-electron chi connectivity index (χ2n) is 5.60. The third-order valence-corrected chi connectivity index (χ3v) is 4.03. The van der Waals surface area contributed by atoms with Crippen LogP contribution in [0.2, 0.25) is 0 Å². The summed E-state index contributed by atoms with van der Waals surface area (Å²) in [5.74, 6) is 0.178. The van der Waals surface area contributed by atoms with Crippen LogP contribution in [0.3, 0.4) is 0 Å². The summed E-state index contributed by atoms with van der Waals surface area (Å²) in [7, 11) is 0. The van der Waals surface area contributed by atoms with Crippen molar-refractivity contribution in [3.8, 4) is 5.69 Å². The van der Waals surface area contributed by atoms with E-state index in [0.717, 1.165) is 37.1 Å². The molecule has 1 saturated carbocycles. The number of benzene rings is 1. The molecule has 1 aliphatic rings. The van der Waals surface area contributed by atoms with Crippen LogP contribution in [0.4, 0.5) is 5.69 Å². The van der Waals surface area contributed by atoms with Gasteiger partial charge in [0.15, 0.2) is 0 Å². The highest BCUT2D eigenvalue weighted by Gasteiger charge is 2.24. The normalized spacial score (nSPS) is 22.0. The molecule has 3 N–H and O–H groups in total. The molecular weight excluding hydrogens is 264 g/mol. The lowest BCUT2D eigenvalue weighted by Gasteiger charge is -2.25. The molecule has 0 spiro atoms. The van der Waals surface area contributed by atoms with E-state index in [1.165, 1.54) is 0 Å². The number of hydrogen-bond donors (Lipinski definition) is 2. The molecule has 110 valence electrons. The van der Waals surface area contributed by atoms with Crippen molar-refractivity contribution in [2.75, 3.05) is 5.32 Å². The van der Waals surface area contributed by atoms with Crippen molar-refractivity contribution < 1.29 is 4.79 Å². The van der Waals surface area contributed by atoms with Crippen molar-refractivity contribution in [1.29, 1.82) is 0 Å². The summed E-state index contributed by atoms with van der Waals surface area (Å²) >= 11 is 0. The zero-order valence-electron chi connectivity index (χ0n) is 11.9. The molecule has 0 saturated heterocycles. The van der Waals surface area contributed by atoms with E-state index < -0.39 is 0 Å². The maximum atomic E-state index is 12.3. The Labute approximate surface area is 124 Å². The SMILES string of the molecule is NC1CCC(C(=O)Nc2cccc(-n3cccn3)c2)CC1. The monoisotopic (exact) mass is 284 g/mol. The van der Waals surface area contributed by atoms with Crippen LogP contribution in [-0.2, 0) is 4.79 Å². The van der Waals surface area contributed by atoms with Crippen LogP contribution in [0, 0.1) is 5.92 Å². The van der Waals surface area contributed by atoms with Crippen LogP contribution in [-0.4, -0.2) is 21.7 Å². The average molecular weight is 284 g/mol. The number of rotatable bonds is 3. The lowest BCUT2D eigenvalue weighted by molar-refractivity contribution is -0.120. The third-order valence-electron chi connectivity index (χ3n) is 4.03. The largest absolute Gasteiger partial charge is 0.328 e. The zero-order valence-corrected chi connectivity index (χ0v) is 11.9. The Morgan fingerprint density at radius 2 is 2.05 bits per heavy atom. The number of aromatic nitrogens is 2. The van der Waals surface area contributed by atoms with Gasteiger partial charge in [0.25, 0.3) is 0 Å². The van der Waals surface area contributed by atoms with Crippen LogP contribution < -0.4 is 11.1 Å². The third kappa shape index (κ3) is 3.31. The molecule has 1 heterocycles. The minimum atomic E-state index is 0.0816. The highest BCUT2D eigenvalue weighted by molar-refractivity contribution is 5.92. The van der Waals surface area contributed by atoms with E-state index >= 15 is 0 Å². The Bertz CT molecular complexity index is 600. The van der Waals surface area contributed by atoms with E-state index in [1.807, 2.05) is 36.5 Å². The first-order chi connectivity index (χ1) is 10.2. The Hall–Kier alpha value is -2.14. The van der Waals surface area contributed by atoms with Gasteiger partial charge in [-0.1, -0.05) is 6.07 Å². The topological polar surface area (TPSA) is 72.9 Å². The molecule has 21 heavy (non-hydrogen) atoms. The number of nitrogens with two attached hydrogens (primary N) is 1. The van der Waals surface area contributed by atoms with Gasteiger partial charge in [-0.05, 0) is 49.9 Å². The molecule has 0 bridgehead atoms. The van der Waals surface area contributed by atoms with Gasteiger partial charge in [0, 0.05) is 30.0 Å². The number of hydrogen-bond acceptors (Lipinski definition) is 3. The van der Waals surface area contributed by atoms with Gasteiger partial charge >= 0.3 is 0 Å². The highest BCUT2D eigenvalue weighted by atomic mass is 16.1. The second-order valence-corrected chi connectivity index (χ2v) is 5.60. The van der Waals surface area contributed by atoms with Gasteiger partial charge in [-0.25, -0.2) is 4.68 Å². The van der Waals surface area contributed by atoms with Crippen molar-refractivity contribution in [3.63, 3.8) is 0 Å². The predicted molar refractivity (Wildman–Crippen MR) is 82.1 cm³/mol. The van der Waals surface area contributed by atoms with Gasteiger partial charge < -0.3 is 11.1 Å². The van der Waals surface area contributed by atoms with Crippen LogP contribution in [0.15, 0.2) is 42.7 Å². The summed E-state index contributed by atoms with van der Waals surface area (Å²) in [6.45, 7) is 0. The zero-order chi connectivity index (χ0) is 14.7. The molecule has 0 unspecified atom stereocenters. The lowest BCUT2D eigenvalue weighted by Crippen LogP contribution is -2.32. The Morgan fingerprint density at radius 1 is 1.24 bits per heavy atom. The molecule has 2 aromatic rings. The molecule has 1 aromatic carbocycles. The van der Waals surface area contributed by atoms with Crippen molar-refractivity contribution in [3.05, 3.63) is 42.7 Å². The van der Waals surface area contributed by atoms with Gasteiger partial charge in [-0.2, -0.15) is 5.10 Å². The Kier molecular flexibility index (Phi) is 4.01. The fourth-order valence-corrected chi connectivity index (χ4v) is 2.77. The molecule has 1 amide bonds. The first-order valence-corrected chi connectivity index (χ1v) is 7.39. The molecule has 0 radical (unpaired) electrons. The fourth-order valence-electron chi connectivity index (χ4n) is 2.77. The summed E-state index contributed by atoms with van der Waals surface area (Å²) < 4.78 is 1.77. The lowest BCUT2D eigenvalue weighted by atomic mass is 9.86. The molecule has 5 heteroatoms. The number of amides is 1. The van der Waals surface area contributed by atoms with E-state index in [1.54, 1.807) is 10.9 Å². The summed E-state index contributed by atoms with van der Waals surface area (Å²) in [6.07, 6.45) is 7.24. The molecule has 1 fully saturated rings. The van der Waals surface area contributed by atoms with Crippen LogP contribution in [0.1, 0.15) is 25.7 Å². The highest BCUT2D eigenvalue weighted by Crippen LogP contribution is 2.25. The van der Waals surface area contributed by atoms with E-state index in [2.05, 4.69) is 10.4 Å². The standard InChI is InChI=1S/C16H20N4O/c17-13-7-5-12(6-8-13)16(21)19-14-3-1-4-15(11-14)20-10-2-9-18-20/h1-4,9-13H,5-8,17H2,(H,19,21). The number of nitrogens with one attached hydrogen (secondary N) is 1. The minimum Gasteiger partial charge on any atom is -0.328 e. The van der Waals surface area contributed by atoms with Gasteiger partial charge in [0.05, 0.1) is 5.69 Å². The number of nitrogens with zero attached hydrogens (tertiary/aromatic N) is 2. The van der Waals surface area contributed by atoms with Crippen LogP contribution in [0.5, 0.6) is 0 Å². The van der Waals surface area contributed by atoms with Crippen molar-refractivity contribution in [1.82, 2.24) is 9.78 Å². The van der Waals surface area contributed by atoms with E-state index in [4.69, 9.17) is 5.73 Å². The number of anilines is 1. The first-order valence-electron chi connectivity index (χ1n) is 7.39. The smallest absolute Gasteiger partial charge is 0.227 e. The van der Waals surface area contributed by atoms with Gasteiger partial charge in [0.1, 0.15) is 0 Å². The van der Waals surface area contributed by atoms with Gasteiger partial charge in [-0.15, -0.1) is 0 Å². The quantitative estimate of drug-likeness (QED) is 0.908. The van der Waals surface area contributed by atoms with Crippen LogP contribution in [0.25, 0.3) is 5.69 Å². The summed E-state index contributed by atoms with van der Waals surface area (Å²) in [4.78, 5) is 12.3. The maximum absolute atomic E-state index is 12.3. The van der Waals surface area contributed by atoms with Crippen molar-refractivity contribution >= 4 is 11.6 Å².